The molecule has 44 heavy (non-hydrogen) atoms. The second kappa shape index (κ2) is 11.0. The molecule has 0 spiro atoms. The molecule has 0 amide bonds. The fourth-order valence-electron chi connectivity index (χ4n) is 5.09. The first-order valence-corrected chi connectivity index (χ1v) is 15.5. The number of anilines is 2. The number of ether oxygens (including phenoxy) is 2. The molecule has 4 aromatic rings. The lowest BCUT2D eigenvalue weighted by molar-refractivity contribution is -0.120. The number of thiol groups is 1. The van der Waals surface area contributed by atoms with Crippen molar-refractivity contribution in [3.05, 3.63) is 23.0 Å². The lowest BCUT2D eigenvalue weighted by Crippen LogP contribution is -2.42. The van der Waals surface area contributed by atoms with Crippen molar-refractivity contribution >= 4 is 53.1 Å². The molecule has 2 fully saturated rings. The Morgan fingerprint density at radius 1 is 1.30 bits per heavy atom. The molecule has 7 N–H and O–H groups in total. The summed E-state index contributed by atoms with van der Waals surface area (Å²) in [6, 6.07) is 0. The standard InChI is InChI=1S/C22H25FN11O8PS/c1-2-22(11(36)3-12(40-22)33-9-28-13-15(24)26-8-27-16(13)33)7-39-43(38,44)42-10-4-21(5-23,6-35)41-19(10)34-17-14(31-32-34)18(37)30-20(25)29-17/h1,8-12,19,35-36H,3-7H2,(H,38,44)(H2,24,26,27)(H3,25,29,30,37)/t10-,11+,12-,19-,21-,22-,43?/m1/s1. The Morgan fingerprint density at radius 2 is 2.09 bits per heavy atom. The van der Waals surface area contributed by atoms with Gasteiger partial charge in [0.15, 0.2) is 34.5 Å². The highest BCUT2D eigenvalue weighted by Gasteiger charge is 2.53. The van der Waals surface area contributed by atoms with Crippen molar-refractivity contribution in [2.45, 2.75) is 48.7 Å². The Balaban J connectivity index is 1.23. The van der Waals surface area contributed by atoms with Crippen LogP contribution in [0.15, 0.2) is 17.4 Å². The van der Waals surface area contributed by atoms with Gasteiger partial charge in [-0.2, -0.15) is 9.67 Å². The number of alkyl halides is 1. The molecule has 0 aliphatic carbocycles. The number of aromatic amines is 1. The molecule has 0 radical (unpaired) electrons. The number of halogens is 1. The van der Waals surface area contributed by atoms with Crippen molar-refractivity contribution in [3.63, 3.8) is 0 Å². The number of aliphatic hydroxyl groups excluding tert-OH is 2. The molecule has 4 aromatic heterocycles. The van der Waals surface area contributed by atoms with E-state index in [9.17, 15) is 24.0 Å². The minimum Gasteiger partial charge on any atom is -0.393 e. The van der Waals surface area contributed by atoms with Crippen LogP contribution < -0.4 is 17.0 Å². The van der Waals surface area contributed by atoms with Gasteiger partial charge in [-0.15, -0.1) is 11.5 Å². The van der Waals surface area contributed by atoms with Crippen LogP contribution >= 0.6 is 19.0 Å². The van der Waals surface area contributed by atoms with Gasteiger partial charge in [-0.25, -0.2) is 23.9 Å². The number of H-pyrrole nitrogens is 1. The smallest absolute Gasteiger partial charge is 0.386 e. The van der Waals surface area contributed by atoms with Gasteiger partial charge in [0.05, 0.1) is 12.9 Å². The van der Waals surface area contributed by atoms with E-state index < -0.39 is 68.1 Å². The summed E-state index contributed by atoms with van der Waals surface area (Å²) in [4.78, 5) is 30.7. The van der Waals surface area contributed by atoms with Crippen LogP contribution in [-0.2, 0) is 23.1 Å². The molecule has 19 nitrogen and oxygen atoms in total. The van der Waals surface area contributed by atoms with Crippen molar-refractivity contribution in [1.82, 2.24) is 44.5 Å². The number of fused-ring (bicyclic) bond motifs is 2. The molecular formula is C22H25FN11O8PS. The van der Waals surface area contributed by atoms with E-state index in [4.69, 9.17) is 36.4 Å². The average Bonchev–Trinajstić information content (AvgIpc) is 3.76. The maximum absolute atomic E-state index is 14.1. The van der Waals surface area contributed by atoms with Gasteiger partial charge in [-0.1, -0.05) is 23.4 Å². The summed E-state index contributed by atoms with van der Waals surface area (Å²) in [5.41, 5.74) is 7.48. The van der Waals surface area contributed by atoms with Crippen molar-refractivity contribution < 1.29 is 37.7 Å². The van der Waals surface area contributed by atoms with Crippen LogP contribution in [0.2, 0.25) is 0 Å². The van der Waals surface area contributed by atoms with E-state index in [1.54, 1.807) is 0 Å². The first-order chi connectivity index (χ1) is 20.9. The summed E-state index contributed by atoms with van der Waals surface area (Å²) in [7, 11) is 0. The zero-order valence-corrected chi connectivity index (χ0v) is 24.2. The van der Waals surface area contributed by atoms with Gasteiger partial charge < -0.3 is 31.2 Å². The number of nitrogens with one attached hydrogen (secondary N) is 1. The van der Waals surface area contributed by atoms with E-state index in [1.165, 1.54) is 17.2 Å². The van der Waals surface area contributed by atoms with Crippen LogP contribution in [0.5, 0.6) is 0 Å². The number of rotatable bonds is 9. The number of hydrogen-bond donors (Lipinski definition) is 6. The highest BCUT2D eigenvalue weighted by Crippen LogP contribution is 2.58. The Bertz CT molecular complexity index is 1880. The van der Waals surface area contributed by atoms with E-state index >= 15 is 0 Å². The Hall–Kier alpha value is -3.74. The van der Waals surface area contributed by atoms with Crippen molar-refractivity contribution in [3.8, 4) is 12.3 Å². The van der Waals surface area contributed by atoms with Crippen LogP contribution in [0.4, 0.5) is 16.2 Å². The molecule has 2 saturated heterocycles. The third kappa shape index (κ3) is 5.08. The van der Waals surface area contributed by atoms with E-state index in [2.05, 4.69) is 53.4 Å². The normalized spacial score (nSPS) is 30.2. The number of imidazole rings is 1. The summed E-state index contributed by atoms with van der Waals surface area (Å²) in [5.74, 6) is 2.23. The van der Waals surface area contributed by atoms with Gasteiger partial charge in [0, 0.05) is 12.8 Å². The average molecular weight is 654 g/mol. The van der Waals surface area contributed by atoms with Crippen LogP contribution in [0.25, 0.3) is 22.3 Å². The summed E-state index contributed by atoms with van der Waals surface area (Å²) < 4.78 is 53.0. The van der Waals surface area contributed by atoms with Gasteiger partial charge >= 0.3 is 6.80 Å². The molecule has 0 aromatic carbocycles. The minimum atomic E-state index is -4.40. The molecule has 1 unspecified atom stereocenters. The van der Waals surface area contributed by atoms with Crippen molar-refractivity contribution in [2.75, 3.05) is 31.4 Å². The maximum Gasteiger partial charge on any atom is 0.386 e. The summed E-state index contributed by atoms with van der Waals surface area (Å²) in [5, 5.41) is 28.4. The summed E-state index contributed by atoms with van der Waals surface area (Å²) in [6.45, 7) is -7.02. The largest absolute Gasteiger partial charge is 0.393 e. The number of aromatic nitrogens is 9. The Labute approximate surface area is 250 Å². The zero-order chi connectivity index (χ0) is 31.4. The minimum absolute atomic E-state index is 0.0245. The predicted octanol–water partition coefficient (Wildman–Crippen LogP) is -0.770. The van der Waals surface area contributed by atoms with Gasteiger partial charge in [0.1, 0.15) is 49.2 Å². The van der Waals surface area contributed by atoms with E-state index in [0.29, 0.717) is 11.2 Å². The number of terminal acetylenes is 1. The SMILES string of the molecule is C#C[C@]1(COP(=O)(S)O[C@@H]2C[C@](CO)(CF)O[C@H]2n2nnc3c(=O)[nH]c(N)nc32)O[C@@H](n2cnc3c(N)ncnc32)C[C@@H]1O. The van der Waals surface area contributed by atoms with Crippen molar-refractivity contribution in [2.24, 2.45) is 0 Å². The lowest BCUT2D eigenvalue weighted by Gasteiger charge is -2.28. The number of nitrogens with zero attached hydrogens (tertiary/aromatic N) is 8. The topological polar surface area (TPSA) is 267 Å². The monoisotopic (exact) mass is 653 g/mol. The number of hydrogen-bond acceptors (Lipinski definition) is 16. The molecular weight excluding hydrogens is 628 g/mol. The second-order valence-electron chi connectivity index (χ2n) is 10.2. The fourth-order valence-corrected chi connectivity index (χ4v) is 6.56. The quantitative estimate of drug-likeness (QED) is 0.0735. The van der Waals surface area contributed by atoms with Gasteiger partial charge in [-0.05, 0) is 0 Å². The summed E-state index contributed by atoms with van der Waals surface area (Å²) >= 11 is 4.05. The Morgan fingerprint density at radius 3 is 2.82 bits per heavy atom. The first-order valence-electron chi connectivity index (χ1n) is 12.8. The number of nitrogens with two attached hydrogens (primary N) is 2. The second-order valence-corrected chi connectivity index (χ2v) is 13.0. The first kappa shape index (κ1) is 30.3. The third-order valence-corrected chi connectivity index (χ3v) is 8.97. The van der Waals surface area contributed by atoms with E-state index in [0.717, 1.165) is 4.68 Å². The number of aliphatic hydroxyl groups is 2. The van der Waals surface area contributed by atoms with Crippen molar-refractivity contribution in [1.29, 1.82) is 0 Å². The van der Waals surface area contributed by atoms with Crippen LogP contribution in [0, 0.1) is 12.3 Å². The molecule has 6 rings (SSSR count). The molecule has 7 atom stereocenters. The zero-order valence-electron chi connectivity index (χ0n) is 22.4. The summed E-state index contributed by atoms with van der Waals surface area (Å²) in [6.07, 6.45) is 3.09. The fraction of sp³-hybridized carbons (Fsp3) is 0.500. The number of nitrogen functional groups attached to an aromatic ring is 2. The van der Waals surface area contributed by atoms with Crippen LogP contribution in [0.1, 0.15) is 25.3 Å². The molecule has 2 aliphatic heterocycles. The molecule has 22 heteroatoms. The Kier molecular flexibility index (Phi) is 7.58. The van der Waals surface area contributed by atoms with E-state index in [-0.39, 0.29) is 35.8 Å². The lowest BCUT2D eigenvalue weighted by atomic mass is 9.99. The highest BCUT2D eigenvalue weighted by molar-refractivity contribution is 8.44. The third-order valence-electron chi connectivity index (χ3n) is 7.35. The highest BCUT2D eigenvalue weighted by atomic mass is 32.7. The van der Waals surface area contributed by atoms with Gasteiger partial charge in [0.25, 0.3) is 5.56 Å². The van der Waals surface area contributed by atoms with E-state index in [1.807, 2.05) is 0 Å². The predicted molar refractivity (Wildman–Crippen MR) is 150 cm³/mol. The van der Waals surface area contributed by atoms with Gasteiger partial charge in [-0.3, -0.25) is 23.4 Å². The maximum atomic E-state index is 14.1. The van der Waals surface area contributed by atoms with Gasteiger partial charge in [0.2, 0.25) is 5.95 Å². The van der Waals surface area contributed by atoms with Crippen LogP contribution in [0.3, 0.4) is 0 Å². The molecule has 234 valence electrons. The molecule has 6 heterocycles. The molecule has 2 aliphatic rings. The van der Waals surface area contributed by atoms with Crippen LogP contribution in [-0.4, -0.2) is 98.0 Å². The molecule has 0 saturated carbocycles. The molecule has 0 bridgehead atoms.